The molecule has 1 aromatic carbocycles. The van der Waals surface area contributed by atoms with Gasteiger partial charge < -0.3 is 15.2 Å². The molecule has 110 valence electrons. The standard InChI is InChI=1S/C16H23NO3/c1-20-15(12-7-3-2-4-8-12)16(19)17-14-10-6-5-9-13(14)11-18/h2-4,7-8,13-15,18H,5-6,9-11H2,1H3,(H,17,19). The molecule has 4 heteroatoms. The predicted molar refractivity (Wildman–Crippen MR) is 77.2 cm³/mol. The topological polar surface area (TPSA) is 58.6 Å². The maximum Gasteiger partial charge on any atom is 0.253 e. The first kappa shape index (κ1) is 15.0. The molecule has 3 atom stereocenters. The van der Waals surface area contributed by atoms with Gasteiger partial charge in [-0.3, -0.25) is 4.79 Å². The number of rotatable bonds is 5. The van der Waals surface area contributed by atoms with Gasteiger partial charge in [0.15, 0.2) is 6.10 Å². The van der Waals surface area contributed by atoms with Crippen molar-refractivity contribution in [2.24, 2.45) is 5.92 Å². The first-order valence-corrected chi connectivity index (χ1v) is 7.25. The summed E-state index contributed by atoms with van der Waals surface area (Å²) in [7, 11) is 1.54. The maximum atomic E-state index is 12.4. The zero-order valence-corrected chi connectivity index (χ0v) is 11.9. The minimum Gasteiger partial charge on any atom is -0.396 e. The monoisotopic (exact) mass is 277 g/mol. The number of benzene rings is 1. The molecule has 0 spiro atoms. The van der Waals surface area contributed by atoms with E-state index in [1.54, 1.807) is 7.11 Å². The summed E-state index contributed by atoms with van der Waals surface area (Å²) < 4.78 is 5.33. The lowest BCUT2D eigenvalue weighted by Crippen LogP contribution is -2.45. The van der Waals surface area contributed by atoms with Crippen LogP contribution in [0.5, 0.6) is 0 Å². The number of ether oxygens (including phenoxy) is 1. The molecule has 1 aliphatic carbocycles. The van der Waals surface area contributed by atoms with Crippen molar-refractivity contribution >= 4 is 5.91 Å². The summed E-state index contributed by atoms with van der Waals surface area (Å²) >= 11 is 0. The number of nitrogens with one attached hydrogen (secondary N) is 1. The van der Waals surface area contributed by atoms with Gasteiger partial charge in [-0.05, 0) is 18.4 Å². The highest BCUT2D eigenvalue weighted by Crippen LogP contribution is 2.25. The molecule has 1 fully saturated rings. The van der Waals surface area contributed by atoms with Crippen LogP contribution in [0.15, 0.2) is 30.3 Å². The van der Waals surface area contributed by atoms with Gasteiger partial charge in [0.25, 0.3) is 5.91 Å². The van der Waals surface area contributed by atoms with Gasteiger partial charge in [0, 0.05) is 25.7 Å². The van der Waals surface area contributed by atoms with Gasteiger partial charge in [-0.15, -0.1) is 0 Å². The normalized spacial score (nSPS) is 24.1. The third-order valence-electron chi connectivity index (χ3n) is 4.05. The molecule has 3 unspecified atom stereocenters. The lowest BCUT2D eigenvalue weighted by Gasteiger charge is -2.32. The second-order valence-electron chi connectivity index (χ2n) is 5.37. The van der Waals surface area contributed by atoms with E-state index in [1.807, 2.05) is 30.3 Å². The van der Waals surface area contributed by atoms with Crippen molar-refractivity contribution in [3.8, 4) is 0 Å². The van der Waals surface area contributed by atoms with Gasteiger partial charge in [0.05, 0.1) is 0 Å². The Kier molecular flexibility index (Phi) is 5.56. The van der Waals surface area contributed by atoms with Crippen LogP contribution < -0.4 is 5.32 Å². The summed E-state index contributed by atoms with van der Waals surface area (Å²) in [5.74, 6) is 0.0463. The van der Waals surface area contributed by atoms with Gasteiger partial charge >= 0.3 is 0 Å². The van der Waals surface area contributed by atoms with Crippen molar-refractivity contribution in [2.75, 3.05) is 13.7 Å². The quantitative estimate of drug-likeness (QED) is 0.866. The molecule has 1 saturated carbocycles. The molecule has 1 aromatic rings. The first-order chi connectivity index (χ1) is 9.76. The van der Waals surface area contributed by atoms with Crippen LogP contribution in [0.25, 0.3) is 0 Å². The van der Waals surface area contributed by atoms with Crippen LogP contribution in [0.3, 0.4) is 0 Å². The Labute approximate surface area is 120 Å². The van der Waals surface area contributed by atoms with Crippen LogP contribution in [0.4, 0.5) is 0 Å². The van der Waals surface area contributed by atoms with Crippen LogP contribution in [-0.2, 0) is 9.53 Å². The second kappa shape index (κ2) is 7.41. The Morgan fingerprint density at radius 2 is 2.05 bits per heavy atom. The fourth-order valence-corrected chi connectivity index (χ4v) is 2.90. The minimum absolute atomic E-state index is 0.0580. The highest BCUT2D eigenvalue weighted by molar-refractivity contribution is 5.82. The van der Waals surface area contributed by atoms with Gasteiger partial charge in [-0.2, -0.15) is 0 Å². The lowest BCUT2D eigenvalue weighted by molar-refractivity contribution is -0.133. The number of carbonyl (C=O) groups is 1. The molecule has 0 aliphatic heterocycles. The zero-order chi connectivity index (χ0) is 14.4. The van der Waals surface area contributed by atoms with Crippen molar-refractivity contribution in [1.29, 1.82) is 0 Å². The number of carbonyl (C=O) groups excluding carboxylic acids is 1. The average molecular weight is 277 g/mol. The fourth-order valence-electron chi connectivity index (χ4n) is 2.90. The lowest BCUT2D eigenvalue weighted by atomic mass is 9.85. The average Bonchev–Trinajstić information content (AvgIpc) is 2.49. The summed E-state index contributed by atoms with van der Waals surface area (Å²) in [4.78, 5) is 12.4. The van der Waals surface area contributed by atoms with Crippen LogP contribution in [-0.4, -0.2) is 30.8 Å². The van der Waals surface area contributed by atoms with Crippen LogP contribution in [0.1, 0.15) is 37.4 Å². The molecule has 0 saturated heterocycles. The number of hydrogen-bond donors (Lipinski definition) is 2. The Balaban J connectivity index is 2.02. The Morgan fingerprint density at radius 3 is 2.70 bits per heavy atom. The number of methoxy groups -OCH3 is 1. The molecule has 0 bridgehead atoms. The van der Waals surface area contributed by atoms with E-state index in [-0.39, 0.29) is 24.5 Å². The Bertz CT molecular complexity index is 421. The van der Waals surface area contributed by atoms with E-state index in [0.717, 1.165) is 31.2 Å². The summed E-state index contributed by atoms with van der Waals surface area (Å²) in [6.45, 7) is 0.133. The maximum absolute atomic E-state index is 12.4. The summed E-state index contributed by atoms with van der Waals surface area (Å²) in [6.07, 6.45) is 3.55. The minimum atomic E-state index is -0.586. The SMILES string of the molecule is COC(C(=O)NC1CCCCC1CO)c1ccccc1. The summed E-state index contributed by atoms with van der Waals surface area (Å²) in [5, 5.41) is 12.5. The predicted octanol–water partition coefficient (Wildman–Crippen LogP) is 2.04. The first-order valence-electron chi connectivity index (χ1n) is 7.25. The largest absolute Gasteiger partial charge is 0.396 e. The molecular weight excluding hydrogens is 254 g/mol. The molecule has 2 rings (SSSR count). The number of aliphatic hydroxyl groups is 1. The summed E-state index contributed by atoms with van der Waals surface area (Å²) in [6, 6.07) is 9.54. The van der Waals surface area contributed by atoms with Gasteiger partial charge in [-0.25, -0.2) is 0 Å². The molecule has 0 radical (unpaired) electrons. The van der Waals surface area contributed by atoms with Gasteiger partial charge in [0.2, 0.25) is 0 Å². The van der Waals surface area contributed by atoms with Crippen molar-refractivity contribution in [1.82, 2.24) is 5.32 Å². The molecule has 2 N–H and O–H groups in total. The van der Waals surface area contributed by atoms with E-state index in [2.05, 4.69) is 5.32 Å². The van der Waals surface area contributed by atoms with Crippen LogP contribution in [0.2, 0.25) is 0 Å². The highest BCUT2D eigenvalue weighted by atomic mass is 16.5. The summed E-state index contributed by atoms with van der Waals surface area (Å²) in [5.41, 5.74) is 0.851. The zero-order valence-electron chi connectivity index (χ0n) is 11.9. The Hall–Kier alpha value is -1.39. The number of aliphatic hydroxyl groups excluding tert-OH is 1. The second-order valence-corrected chi connectivity index (χ2v) is 5.37. The Morgan fingerprint density at radius 1 is 1.35 bits per heavy atom. The highest BCUT2D eigenvalue weighted by Gasteiger charge is 2.29. The third kappa shape index (κ3) is 3.58. The number of hydrogen-bond acceptors (Lipinski definition) is 3. The van der Waals surface area contributed by atoms with E-state index in [1.165, 1.54) is 0 Å². The third-order valence-corrected chi connectivity index (χ3v) is 4.05. The van der Waals surface area contributed by atoms with Crippen molar-refractivity contribution in [2.45, 2.75) is 37.8 Å². The van der Waals surface area contributed by atoms with E-state index >= 15 is 0 Å². The van der Waals surface area contributed by atoms with E-state index < -0.39 is 6.10 Å². The molecule has 0 aromatic heterocycles. The molecule has 1 aliphatic rings. The number of amides is 1. The molecule has 1 amide bonds. The van der Waals surface area contributed by atoms with Gasteiger partial charge in [0.1, 0.15) is 0 Å². The van der Waals surface area contributed by atoms with Crippen LogP contribution >= 0.6 is 0 Å². The van der Waals surface area contributed by atoms with E-state index in [0.29, 0.717) is 0 Å². The molecule has 20 heavy (non-hydrogen) atoms. The molecule has 0 heterocycles. The van der Waals surface area contributed by atoms with Crippen molar-refractivity contribution in [3.05, 3.63) is 35.9 Å². The fraction of sp³-hybridized carbons (Fsp3) is 0.562. The molecular formula is C16H23NO3. The van der Waals surface area contributed by atoms with Crippen LogP contribution in [0, 0.1) is 5.92 Å². The molecule has 4 nitrogen and oxygen atoms in total. The van der Waals surface area contributed by atoms with E-state index in [4.69, 9.17) is 4.74 Å². The van der Waals surface area contributed by atoms with Gasteiger partial charge in [-0.1, -0.05) is 43.2 Å². The smallest absolute Gasteiger partial charge is 0.253 e. The van der Waals surface area contributed by atoms with Crippen molar-refractivity contribution < 1.29 is 14.6 Å². The van der Waals surface area contributed by atoms with Crippen molar-refractivity contribution in [3.63, 3.8) is 0 Å². The van der Waals surface area contributed by atoms with E-state index in [9.17, 15) is 9.90 Å².